The summed E-state index contributed by atoms with van der Waals surface area (Å²) in [5, 5.41) is 1.90. The van der Waals surface area contributed by atoms with Gasteiger partial charge in [-0.3, -0.25) is 4.79 Å². The first-order chi connectivity index (χ1) is 9.92. The van der Waals surface area contributed by atoms with E-state index in [-0.39, 0.29) is 22.7 Å². The number of thiocarbonyl (C=S) groups is 1. The number of sulfone groups is 1. The van der Waals surface area contributed by atoms with Crippen molar-refractivity contribution in [1.82, 2.24) is 5.32 Å². The molecule has 2 rings (SSSR count). The lowest BCUT2D eigenvalue weighted by Crippen LogP contribution is -2.53. The molecule has 5 nitrogen and oxygen atoms in total. The number of amides is 1. The lowest BCUT2D eigenvalue weighted by atomic mass is 9.83. The second kappa shape index (κ2) is 7.05. The fraction of sp³-hybridized carbons (Fsp3) is 0.857. The maximum absolute atomic E-state index is 12.4. The van der Waals surface area contributed by atoms with Crippen molar-refractivity contribution in [3.63, 3.8) is 0 Å². The largest absolute Gasteiger partial charge is 0.392 e. The highest BCUT2D eigenvalue weighted by atomic mass is 32.2. The van der Waals surface area contributed by atoms with Gasteiger partial charge in [-0.1, -0.05) is 37.9 Å². The Labute approximate surface area is 132 Å². The van der Waals surface area contributed by atoms with Crippen molar-refractivity contribution in [3.8, 4) is 0 Å². The maximum Gasteiger partial charge on any atom is 0.238 e. The van der Waals surface area contributed by atoms with E-state index < -0.39 is 21.0 Å². The molecular formula is C14H24N2O3S2. The predicted molar refractivity (Wildman–Crippen MR) is 86.7 cm³/mol. The molecule has 1 aliphatic carbocycles. The van der Waals surface area contributed by atoms with E-state index >= 15 is 0 Å². The normalized spacial score (nSPS) is 27.7. The van der Waals surface area contributed by atoms with E-state index in [1.54, 1.807) is 0 Å². The molecule has 0 aromatic heterocycles. The van der Waals surface area contributed by atoms with Crippen molar-refractivity contribution in [3.05, 3.63) is 0 Å². The number of carbonyl (C=O) groups excluding carboxylic acids is 1. The topological polar surface area (TPSA) is 89.3 Å². The molecule has 0 radical (unpaired) electrons. The number of nitrogens with one attached hydrogen (secondary N) is 1. The minimum Gasteiger partial charge on any atom is -0.392 e. The zero-order valence-corrected chi connectivity index (χ0v) is 13.8. The van der Waals surface area contributed by atoms with Gasteiger partial charge in [-0.15, -0.1) is 0 Å². The molecule has 2 atom stereocenters. The molecule has 120 valence electrons. The Bertz CT molecular complexity index is 498. The molecule has 2 fully saturated rings. The summed E-state index contributed by atoms with van der Waals surface area (Å²) < 4.78 is 24.1. The van der Waals surface area contributed by atoms with Crippen LogP contribution in [0.2, 0.25) is 0 Å². The van der Waals surface area contributed by atoms with Gasteiger partial charge in [-0.2, -0.15) is 0 Å². The van der Waals surface area contributed by atoms with Crippen molar-refractivity contribution in [1.29, 1.82) is 0 Å². The molecule has 0 spiro atoms. The van der Waals surface area contributed by atoms with Crippen molar-refractivity contribution in [2.45, 2.75) is 62.7 Å². The van der Waals surface area contributed by atoms with Gasteiger partial charge in [0, 0.05) is 0 Å². The fourth-order valence-electron chi connectivity index (χ4n) is 3.38. The molecule has 0 aromatic carbocycles. The molecule has 1 heterocycles. The van der Waals surface area contributed by atoms with E-state index in [0.717, 1.165) is 32.1 Å². The third-order valence-corrected chi connectivity index (χ3v) is 7.03. The van der Waals surface area contributed by atoms with Crippen LogP contribution in [0.3, 0.4) is 0 Å². The van der Waals surface area contributed by atoms with Gasteiger partial charge in [0.2, 0.25) is 5.91 Å². The van der Waals surface area contributed by atoms with Crippen LogP contribution in [0.4, 0.5) is 0 Å². The first kappa shape index (κ1) is 16.7. The summed E-state index contributed by atoms with van der Waals surface area (Å²) in [7, 11) is -3.32. The van der Waals surface area contributed by atoms with Crippen molar-refractivity contribution in [2.24, 2.45) is 11.7 Å². The minimum absolute atomic E-state index is 0.103. The van der Waals surface area contributed by atoms with E-state index in [2.05, 4.69) is 5.32 Å². The monoisotopic (exact) mass is 332 g/mol. The van der Waals surface area contributed by atoms with Crippen LogP contribution in [0, 0.1) is 5.92 Å². The number of carbonyl (C=O) groups is 1. The van der Waals surface area contributed by atoms with Gasteiger partial charge in [0.05, 0.1) is 16.8 Å². The van der Waals surface area contributed by atoms with Crippen LogP contribution >= 0.6 is 12.2 Å². The average Bonchev–Trinajstić information content (AvgIpc) is 2.44. The summed E-state index contributed by atoms with van der Waals surface area (Å²) in [6.45, 7) is 0. The summed E-state index contributed by atoms with van der Waals surface area (Å²) in [6.07, 6.45) is 7.22. The second-order valence-corrected chi connectivity index (χ2v) is 8.91. The van der Waals surface area contributed by atoms with E-state index in [1.165, 1.54) is 6.42 Å². The maximum atomic E-state index is 12.4. The molecule has 1 saturated heterocycles. The van der Waals surface area contributed by atoms with Crippen LogP contribution < -0.4 is 11.1 Å². The Morgan fingerprint density at radius 2 is 1.71 bits per heavy atom. The van der Waals surface area contributed by atoms with Crippen molar-refractivity contribution >= 4 is 33.0 Å². The smallest absolute Gasteiger partial charge is 0.238 e. The highest BCUT2D eigenvalue weighted by Gasteiger charge is 2.37. The van der Waals surface area contributed by atoms with Gasteiger partial charge < -0.3 is 11.1 Å². The third-order valence-electron chi connectivity index (χ3n) is 4.60. The first-order valence-corrected chi connectivity index (χ1v) is 9.85. The van der Waals surface area contributed by atoms with Crippen molar-refractivity contribution in [2.75, 3.05) is 5.75 Å². The molecule has 2 aliphatic rings. The Balaban J connectivity index is 2.05. The average molecular weight is 332 g/mol. The zero-order valence-electron chi connectivity index (χ0n) is 12.2. The molecular weight excluding hydrogens is 308 g/mol. The Hall–Kier alpha value is -0.690. The van der Waals surface area contributed by atoms with Crippen molar-refractivity contribution < 1.29 is 13.2 Å². The number of hydrogen-bond donors (Lipinski definition) is 2. The first-order valence-electron chi connectivity index (χ1n) is 7.73. The highest BCUT2D eigenvalue weighted by molar-refractivity contribution is 7.92. The van der Waals surface area contributed by atoms with Gasteiger partial charge >= 0.3 is 0 Å². The molecule has 3 N–H and O–H groups in total. The van der Waals surface area contributed by atoms with Gasteiger partial charge in [0.15, 0.2) is 9.84 Å². The molecule has 7 heteroatoms. The molecule has 1 saturated carbocycles. The molecule has 0 bridgehead atoms. The quantitative estimate of drug-likeness (QED) is 0.758. The predicted octanol–water partition coefficient (Wildman–Crippen LogP) is 1.30. The van der Waals surface area contributed by atoms with Gasteiger partial charge in [-0.25, -0.2) is 8.42 Å². The third kappa shape index (κ3) is 4.16. The van der Waals surface area contributed by atoms with Gasteiger partial charge in [-0.05, 0) is 31.6 Å². The van der Waals surface area contributed by atoms with Crippen LogP contribution in [-0.4, -0.2) is 36.4 Å². The molecule has 0 aromatic rings. The molecule has 2 unspecified atom stereocenters. The number of rotatable bonds is 4. The fourth-order valence-corrected chi connectivity index (χ4v) is 5.45. The standard InChI is InChI=1S/C14H24N2O3S2/c15-13(20)12(10-6-2-1-3-7-10)16-14(17)11-8-4-5-9-21(11,18)19/h10-12H,1-9H2,(H2,15,20)(H,16,17). The summed E-state index contributed by atoms with van der Waals surface area (Å²) in [6, 6.07) is -0.370. The van der Waals surface area contributed by atoms with E-state index in [4.69, 9.17) is 18.0 Å². The Morgan fingerprint density at radius 3 is 2.29 bits per heavy atom. The number of nitrogens with two attached hydrogens (primary N) is 1. The molecule has 1 amide bonds. The van der Waals surface area contributed by atoms with Crippen LogP contribution in [0.25, 0.3) is 0 Å². The minimum atomic E-state index is -3.32. The Morgan fingerprint density at radius 1 is 1.10 bits per heavy atom. The van der Waals surface area contributed by atoms with Crippen LogP contribution in [0.5, 0.6) is 0 Å². The van der Waals surface area contributed by atoms with Gasteiger partial charge in [0.25, 0.3) is 0 Å². The van der Waals surface area contributed by atoms with Gasteiger partial charge in [0.1, 0.15) is 5.25 Å². The van der Waals surface area contributed by atoms with Crippen LogP contribution in [-0.2, 0) is 14.6 Å². The van der Waals surface area contributed by atoms with E-state index in [9.17, 15) is 13.2 Å². The van der Waals surface area contributed by atoms with Crippen LogP contribution in [0.1, 0.15) is 51.4 Å². The number of hydrogen-bond acceptors (Lipinski definition) is 4. The molecule has 21 heavy (non-hydrogen) atoms. The Kier molecular flexibility index (Phi) is 5.60. The summed E-state index contributed by atoms with van der Waals surface area (Å²) in [5.74, 6) is -0.0729. The van der Waals surface area contributed by atoms with E-state index in [0.29, 0.717) is 12.8 Å². The highest BCUT2D eigenvalue weighted by Crippen LogP contribution is 2.27. The molecule has 1 aliphatic heterocycles. The van der Waals surface area contributed by atoms with Crippen LogP contribution in [0.15, 0.2) is 0 Å². The van der Waals surface area contributed by atoms with E-state index in [1.807, 2.05) is 0 Å². The SMILES string of the molecule is NC(=S)C(NC(=O)C1CCCCS1(=O)=O)C1CCCCC1. The summed E-state index contributed by atoms with van der Waals surface area (Å²) in [5.41, 5.74) is 5.78. The lowest BCUT2D eigenvalue weighted by molar-refractivity contribution is -0.121. The summed E-state index contributed by atoms with van der Waals surface area (Å²) in [4.78, 5) is 12.6. The zero-order chi connectivity index (χ0) is 15.5. The second-order valence-electron chi connectivity index (χ2n) is 6.14. The summed E-state index contributed by atoms with van der Waals surface area (Å²) >= 11 is 5.09. The lowest BCUT2D eigenvalue weighted by Gasteiger charge is -2.31.